The van der Waals surface area contributed by atoms with Crippen LogP contribution in [0.25, 0.3) is 0 Å². The van der Waals surface area contributed by atoms with Crippen LogP contribution < -0.4 is 9.47 Å². The second-order valence-electron chi connectivity index (χ2n) is 6.28. The Morgan fingerprint density at radius 3 is 2.37 bits per heavy atom. The molecule has 8 heteroatoms. The fraction of sp³-hybridized carbons (Fsp3) is 0.316. The predicted molar refractivity (Wildman–Crippen MR) is 102 cm³/mol. The summed E-state index contributed by atoms with van der Waals surface area (Å²) in [5.74, 6) is -0.0914. The van der Waals surface area contributed by atoms with E-state index in [-0.39, 0.29) is 16.2 Å². The summed E-state index contributed by atoms with van der Waals surface area (Å²) >= 11 is 5.91. The lowest BCUT2D eigenvalue weighted by atomic mass is 10.2. The zero-order valence-electron chi connectivity index (χ0n) is 15.1. The lowest BCUT2D eigenvalue weighted by Crippen LogP contribution is -2.28. The van der Waals surface area contributed by atoms with Gasteiger partial charge in [0.15, 0.2) is 0 Å². The summed E-state index contributed by atoms with van der Waals surface area (Å²) in [5, 5.41) is 0.538. The van der Waals surface area contributed by atoms with Crippen LogP contribution in [0.1, 0.15) is 28.8 Å². The number of ether oxygens (including phenoxy) is 2. The minimum Gasteiger partial charge on any atom is -0.495 e. The molecule has 2 aromatic carbocycles. The summed E-state index contributed by atoms with van der Waals surface area (Å²) in [7, 11) is -2.34. The van der Waals surface area contributed by atoms with Crippen LogP contribution >= 0.6 is 11.6 Å². The van der Waals surface area contributed by atoms with Gasteiger partial charge in [-0.25, -0.2) is 13.2 Å². The standard InChI is InChI=1S/C19H20ClNO5S/c1-13-11-15(20)6-8-16(13)26-19(22)14-5-7-17(25-2)18(12-14)27(23,24)21-9-3-4-10-21/h5-8,11-12H,3-4,9-10H2,1-2H3. The number of esters is 1. The first-order chi connectivity index (χ1) is 12.8. The number of nitrogens with zero attached hydrogens (tertiary/aromatic N) is 1. The number of benzene rings is 2. The molecule has 0 N–H and O–H groups in total. The fourth-order valence-electron chi connectivity index (χ4n) is 2.96. The van der Waals surface area contributed by atoms with Gasteiger partial charge in [-0.15, -0.1) is 0 Å². The molecule has 144 valence electrons. The molecule has 0 bridgehead atoms. The Labute approximate surface area is 163 Å². The van der Waals surface area contributed by atoms with Crippen LogP contribution in [0.3, 0.4) is 0 Å². The number of rotatable bonds is 5. The van der Waals surface area contributed by atoms with Gasteiger partial charge in [-0.2, -0.15) is 4.31 Å². The van der Waals surface area contributed by atoms with E-state index < -0.39 is 16.0 Å². The molecule has 0 spiro atoms. The number of carbonyl (C=O) groups excluding carboxylic acids is 1. The van der Waals surface area contributed by atoms with Gasteiger partial charge in [0, 0.05) is 18.1 Å². The molecule has 0 amide bonds. The highest BCUT2D eigenvalue weighted by Crippen LogP contribution is 2.30. The van der Waals surface area contributed by atoms with Gasteiger partial charge in [-0.1, -0.05) is 11.6 Å². The maximum atomic E-state index is 12.9. The van der Waals surface area contributed by atoms with E-state index in [1.165, 1.54) is 29.6 Å². The molecule has 3 rings (SSSR count). The van der Waals surface area contributed by atoms with Gasteiger partial charge in [0.2, 0.25) is 10.0 Å². The summed E-state index contributed by atoms with van der Waals surface area (Å²) in [6.07, 6.45) is 1.64. The zero-order valence-corrected chi connectivity index (χ0v) is 16.6. The molecule has 1 heterocycles. The van der Waals surface area contributed by atoms with Crippen molar-refractivity contribution in [2.24, 2.45) is 0 Å². The van der Waals surface area contributed by atoms with Gasteiger partial charge in [0.1, 0.15) is 16.4 Å². The largest absolute Gasteiger partial charge is 0.495 e. The van der Waals surface area contributed by atoms with Gasteiger partial charge in [0.25, 0.3) is 0 Å². The molecular formula is C19H20ClNO5S. The minimum absolute atomic E-state index is 0.0332. The molecule has 6 nitrogen and oxygen atoms in total. The number of sulfonamides is 1. The van der Waals surface area contributed by atoms with Crippen LogP contribution in [-0.2, 0) is 10.0 Å². The Kier molecular flexibility index (Phi) is 5.74. The molecule has 1 aliphatic rings. The van der Waals surface area contributed by atoms with Crippen molar-refractivity contribution in [1.82, 2.24) is 4.31 Å². The van der Waals surface area contributed by atoms with E-state index in [4.69, 9.17) is 21.1 Å². The van der Waals surface area contributed by atoms with Gasteiger partial charge >= 0.3 is 5.97 Å². The van der Waals surface area contributed by atoms with Crippen LogP contribution in [0.4, 0.5) is 0 Å². The zero-order chi connectivity index (χ0) is 19.6. The number of hydrogen-bond donors (Lipinski definition) is 0. The first-order valence-electron chi connectivity index (χ1n) is 8.49. The van der Waals surface area contributed by atoms with Crippen LogP contribution in [-0.4, -0.2) is 38.9 Å². The maximum Gasteiger partial charge on any atom is 0.343 e. The van der Waals surface area contributed by atoms with Crippen molar-refractivity contribution in [3.63, 3.8) is 0 Å². The Balaban J connectivity index is 1.93. The molecule has 0 aliphatic carbocycles. The van der Waals surface area contributed by atoms with Crippen molar-refractivity contribution in [2.75, 3.05) is 20.2 Å². The molecule has 0 radical (unpaired) electrons. The number of halogens is 1. The van der Waals surface area contributed by atoms with Gasteiger partial charge in [-0.3, -0.25) is 0 Å². The normalized spacial score (nSPS) is 14.9. The third-order valence-corrected chi connectivity index (χ3v) is 6.58. The number of hydrogen-bond acceptors (Lipinski definition) is 5. The highest BCUT2D eigenvalue weighted by Gasteiger charge is 2.31. The van der Waals surface area contributed by atoms with Gasteiger partial charge < -0.3 is 9.47 Å². The topological polar surface area (TPSA) is 72.9 Å². The highest BCUT2D eigenvalue weighted by molar-refractivity contribution is 7.89. The second-order valence-corrected chi connectivity index (χ2v) is 8.62. The summed E-state index contributed by atoms with van der Waals surface area (Å²) in [4.78, 5) is 12.5. The average Bonchev–Trinajstić information content (AvgIpc) is 3.19. The molecule has 1 aliphatic heterocycles. The van der Waals surface area contributed by atoms with Crippen molar-refractivity contribution in [3.8, 4) is 11.5 Å². The van der Waals surface area contributed by atoms with E-state index in [1.54, 1.807) is 25.1 Å². The molecule has 0 atom stereocenters. The molecular weight excluding hydrogens is 390 g/mol. The molecule has 1 saturated heterocycles. The maximum absolute atomic E-state index is 12.9. The smallest absolute Gasteiger partial charge is 0.343 e. The molecule has 2 aromatic rings. The van der Waals surface area contributed by atoms with Gasteiger partial charge in [0.05, 0.1) is 12.7 Å². The quantitative estimate of drug-likeness (QED) is 0.556. The first-order valence-corrected chi connectivity index (χ1v) is 10.3. The average molecular weight is 410 g/mol. The monoisotopic (exact) mass is 409 g/mol. The van der Waals surface area contributed by atoms with Crippen molar-refractivity contribution in [1.29, 1.82) is 0 Å². The highest BCUT2D eigenvalue weighted by atomic mass is 35.5. The Morgan fingerprint density at radius 2 is 1.74 bits per heavy atom. The van der Waals surface area contributed by atoms with Crippen LogP contribution in [0.5, 0.6) is 11.5 Å². The fourth-order valence-corrected chi connectivity index (χ4v) is 4.88. The number of aryl methyl sites for hydroxylation is 1. The first kappa shape index (κ1) is 19.7. The van der Waals surface area contributed by atoms with E-state index in [9.17, 15) is 13.2 Å². The molecule has 0 unspecified atom stereocenters. The van der Waals surface area contributed by atoms with E-state index in [0.717, 1.165) is 12.8 Å². The molecule has 0 saturated carbocycles. The van der Waals surface area contributed by atoms with Crippen molar-refractivity contribution >= 4 is 27.6 Å². The second kappa shape index (κ2) is 7.88. The predicted octanol–water partition coefficient (Wildman–Crippen LogP) is 3.66. The number of methoxy groups -OCH3 is 1. The van der Waals surface area contributed by atoms with E-state index in [0.29, 0.717) is 29.4 Å². The number of carbonyl (C=O) groups is 1. The summed E-state index contributed by atoms with van der Waals surface area (Å²) in [6, 6.07) is 9.15. The third-order valence-electron chi connectivity index (χ3n) is 4.42. The van der Waals surface area contributed by atoms with E-state index in [2.05, 4.69) is 0 Å². The summed E-state index contributed by atoms with van der Waals surface area (Å²) < 4.78 is 37.9. The summed E-state index contributed by atoms with van der Waals surface area (Å²) in [6.45, 7) is 2.69. The third kappa shape index (κ3) is 4.10. The van der Waals surface area contributed by atoms with Crippen LogP contribution in [0, 0.1) is 6.92 Å². The van der Waals surface area contributed by atoms with Crippen molar-refractivity contribution < 1.29 is 22.7 Å². The SMILES string of the molecule is COc1ccc(C(=O)Oc2ccc(Cl)cc2C)cc1S(=O)(=O)N1CCCC1. The molecule has 0 aromatic heterocycles. The molecule has 27 heavy (non-hydrogen) atoms. The van der Waals surface area contributed by atoms with Crippen molar-refractivity contribution in [3.05, 3.63) is 52.5 Å². The summed E-state index contributed by atoms with van der Waals surface area (Å²) in [5.41, 5.74) is 0.831. The Hall–Kier alpha value is -2.09. The van der Waals surface area contributed by atoms with E-state index in [1.807, 2.05) is 0 Å². The Bertz CT molecular complexity index is 968. The lowest BCUT2D eigenvalue weighted by molar-refractivity contribution is 0.0733. The van der Waals surface area contributed by atoms with E-state index >= 15 is 0 Å². The van der Waals surface area contributed by atoms with Crippen LogP contribution in [0.2, 0.25) is 5.02 Å². The molecule has 1 fully saturated rings. The Morgan fingerprint density at radius 1 is 1.07 bits per heavy atom. The minimum atomic E-state index is -3.74. The lowest BCUT2D eigenvalue weighted by Gasteiger charge is -2.18. The van der Waals surface area contributed by atoms with Gasteiger partial charge in [-0.05, 0) is 61.7 Å². The van der Waals surface area contributed by atoms with Crippen molar-refractivity contribution in [2.45, 2.75) is 24.7 Å². The van der Waals surface area contributed by atoms with Crippen LogP contribution in [0.15, 0.2) is 41.3 Å².